The van der Waals surface area contributed by atoms with E-state index in [-0.39, 0.29) is 0 Å². The van der Waals surface area contributed by atoms with Gasteiger partial charge >= 0.3 is 0 Å². The Balaban J connectivity index is 2.12. The first kappa shape index (κ1) is 16.5. The van der Waals surface area contributed by atoms with Gasteiger partial charge in [0.25, 0.3) is 0 Å². The minimum absolute atomic E-state index is 0.339. The van der Waals surface area contributed by atoms with E-state index in [4.69, 9.17) is 9.84 Å². The zero-order chi connectivity index (χ0) is 15.2. The van der Waals surface area contributed by atoms with Crippen LogP contribution in [0.2, 0.25) is 0 Å². The smallest absolute Gasteiger partial charge is 0.0775 e. The zero-order valence-electron chi connectivity index (χ0n) is 14.1. The Hall–Kier alpha value is -0.870. The van der Waals surface area contributed by atoms with E-state index in [0.717, 1.165) is 38.9 Å². The van der Waals surface area contributed by atoms with Gasteiger partial charge in [0.2, 0.25) is 0 Å². The van der Waals surface area contributed by atoms with Crippen LogP contribution in [0.1, 0.15) is 63.9 Å². The molecule has 1 aromatic rings. The van der Waals surface area contributed by atoms with Crippen LogP contribution in [0.15, 0.2) is 0 Å². The number of ether oxygens (including phenoxy) is 1. The van der Waals surface area contributed by atoms with Crippen LogP contribution in [-0.2, 0) is 30.7 Å². The second kappa shape index (κ2) is 7.95. The molecule has 0 aliphatic carbocycles. The highest BCUT2D eigenvalue weighted by Crippen LogP contribution is 2.23. The summed E-state index contributed by atoms with van der Waals surface area (Å²) in [4.78, 5) is 0. The fraction of sp³-hybridized carbons (Fsp3) is 0.824. The molecule has 1 aliphatic rings. The third-order valence-corrected chi connectivity index (χ3v) is 4.34. The van der Waals surface area contributed by atoms with Gasteiger partial charge in [-0.2, -0.15) is 5.10 Å². The molecule has 0 aromatic carbocycles. The van der Waals surface area contributed by atoms with E-state index >= 15 is 0 Å². The van der Waals surface area contributed by atoms with Crippen LogP contribution in [-0.4, -0.2) is 28.5 Å². The molecule has 1 aromatic heterocycles. The summed E-state index contributed by atoms with van der Waals surface area (Å²) in [7, 11) is 0. The predicted octanol–water partition coefficient (Wildman–Crippen LogP) is 3.08. The molecule has 4 heteroatoms. The van der Waals surface area contributed by atoms with Crippen molar-refractivity contribution in [1.82, 2.24) is 15.1 Å². The van der Waals surface area contributed by atoms with E-state index in [9.17, 15) is 0 Å². The average Bonchev–Trinajstić information content (AvgIpc) is 3.03. The minimum Gasteiger partial charge on any atom is -0.373 e. The molecule has 1 N–H and O–H groups in total. The first-order chi connectivity index (χ1) is 10.2. The average molecular weight is 293 g/mol. The van der Waals surface area contributed by atoms with Crippen molar-refractivity contribution >= 4 is 0 Å². The van der Waals surface area contributed by atoms with Crippen molar-refractivity contribution in [1.29, 1.82) is 0 Å². The third kappa shape index (κ3) is 4.07. The summed E-state index contributed by atoms with van der Waals surface area (Å²) in [5.41, 5.74) is 4.06. The first-order valence-electron chi connectivity index (χ1n) is 8.63. The highest BCUT2D eigenvalue weighted by atomic mass is 16.5. The van der Waals surface area contributed by atoms with Crippen molar-refractivity contribution in [3.05, 3.63) is 17.0 Å². The van der Waals surface area contributed by atoms with Crippen molar-refractivity contribution in [2.45, 2.75) is 85.1 Å². The van der Waals surface area contributed by atoms with Crippen molar-refractivity contribution in [2.24, 2.45) is 0 Å². The molecule has 4 nitrogen and oxygen atoms in total. The molecule has 2 heterocycles. The molecule has 0 radical (unpaired) electrons. The molecule has 0 spiro atoms. The van der Waals surface area contributed by atoms with Crippen molar-refractivity contribution in [3.63, 3.8) is 0 Å². The van der Waals surface area contributed by atoms with Crippen LogP contribution in [0, 0.1) is 0 Å². The lowest BCUT2D eigenvalue weighted by atomic mass is 10.1. The predicted molar refractivity (Wildman–Crippen MR) is 86.5 cm³/mol. The molecule has 0 amide bonds. The number of nitrogens with one attached hydrogen (secondary N) is 1. The summed E-state index contributed by atoms with van der Waals surface area (Å²) in [6.07, 6.45) is 6.31. The van der Waals surface area contributed by atoms with Gasteiger partial charge in [-0.3, -0.25) is 4.68 Å². The normalized spacial score (nSPS) is 22.1. The molecule has 1 fully saturated rings. The molecule has 0 bridgehead atoms. The van der Waals surface area contributed by atoms with E-state index < -0.39 is 0 Å². The van der Waals surface area contributed by atoms with Crippen molar-refractivity contribution in [2.75, 3.05) is 6.54 Å². The maximum absolute atomic E-state index is 5.97. The van der Waals surface area contributed by atoms with Gasteiger partial charge in [-0.15, -0.1) is 0 Å². The Morgan fingerprint density at radius 1 is 1.24 bits per heavy atom. The lowest BCUT2D eigenvalue weighted by Crippen LogP contribution is -2.20. The summed E-state index contributed by atoms with van der Waals surface area (Å²) in [6.45, 7) is 11.7. The van der Waals surface area contributed by atoms with Gasteiger partial charge in [-0.05, 0) is 45.6 Å². The second-order valence-electron chi connectivity index (χ2n) is 6.08. The van der Waals surface area contributed by atoms with Crippen molar-refractivity contribution < 1.29 is 4.74 Å². The van der Waals surface area contributed by atoms with Crippen LogP contribution in [0.25, 0.3) is 0 Å². The van der Waals surface area contributed by atoms with Gasteiger partial charge in [0.1, 0.15) is 0 Å². The monoisotopic (exact) mass is 293 g/mol. The number of rotatable bonds is 8. The fourth-order valence-electron chi connectivity index (χ4n) is 3.23. The first-order valence-corrected chi connectivity index (χ1v) is 8.63. The van der Waals surface area contributed by atoms with Gasteiger partial charge in [-0.1, -0.05) is 20.8 Å². The third-order valence-electron chi connectivity index (χ3n) is 4.34. The lowest BCUT2D eigenvalue weighted by molar-refractivity contribution is 0.0431. The number of aromatic nitrogens is 2. The summed E-state index contributed by atoms with van der Waals surface area (Å²) < 4.78 is 8.18. The van der Waals surface area contributed by atoms with Crippen LogP contribution in [0.3, 0.4) is 0 Å². The quantitative estimate of drug-likeness (QED) is 0.749. The summed E-state index contributed by atoms with van der Waals surface area (Å²) >= 11 is 0. The molecule has 2 atom stereocenters. The minimum atomic E-state index is 0.339. The molecule has 21 heavy (non-hydrogen) atoms. The summed E-state index contributed by atoms with van der Waals surface area (Å²) in [6, 6.07) is 0. The summed E-state index contributed by atoms with van der Waals surface area (Å²) in [5, 5.41) is 8.39. The van der Waals surface area contributed by atoms with Gasteiger partial charge < -0.3 is 10.1 Å². The van der Waals surface area contributed by atoms with Crippen molar-refractivity contribution in [3.8, 4) is 0 Å². The molecule has 0 saturated carbocycles. The molecule has 2 rings (SSSR count). The topological polar surface area (TPSA) is 39.1 Å². The maximum Gasteiger partial charge on any atom is 0.0775 e. The Morgan fingerprint density at radius 3 is 2.62 bits per heavy atom. The number of hydrogen-bond donors (Lipinski definition) is 1. The van der Waals surface area contributed by atoms with E-state index in [1.54, 1.807) is 0 Å². The zero-order valence-corrected chi connectivity index (χ0v) is 14.1. The van der Waals surface area contributed by atoms with Crippen LogP contribution >= 0.6 is 0 Å². The van der Waals surface area contributed by atoms with Crippen LogP contribution in [0.5, 0.6) is 0 Å². The Morgan fingerprint density at radius 2 is 2.05 bits per heavy atom. The van der Waals surface area contributed by atoms with Gasteiger partial charge in [-0.25, -0.2) is 0 Å². The number of hydrogen-bond acceptors (Lipinski definition) is 3. The molecule has 1 aliphatic heterocycles. The highest BCUT2D eigenvalue weighted by molar-refractivity contribution is 5.27. The van der Waals surface area contributed by atoms with Gasteiger partial charge in [0, 0.05) is 17.8 Å². The van der Waals surface area contributed by atoms with E-state index in [1.165, 1.54) is 29.8 Å². The lowest BCUT2D eigenvalue weighted by Gasteiger charge is -2.14. The van der Waals surface area contributed by atoms with E-state index in [0.29, 0.717) is 12.2 Å². The molecular weight excluding hydrogens is 262 g/mol. The maximum atomic E-state index is 5.97. The largest absolute Gasteiger partial charge is 0.373 e. The SMILES string of the molecule is CCCNCc1c(CC)nn(CC2CCC(C)O2)c1CC. The molecule has 1 saturated heterocycles. The summed E-state index contributed by atoms with van der Waals surface area (Å²) in [5.74, 6) is 0. The van der Waals surface area contributed by atoms with Gasteiger partial charge in [0.15, 0.2) is 0 Å². The number of aryl methyl sites for hydroxylation is 1. The van der Waals surface area contributed by atoms with E-state index in [2.05, 4.69) is 37.7 Å². The van der Waals surface area contributed by atoms with Gasteiger partial charge in [0.05, 0.1) is 24.4 Å². The molecule has 2 unspecified atom stereocenters. The fourth-order valence-corrected chi connectivity index (χ4v) is 3.23. The standard InChI is InChI=1S/C17H31N3O/c1-5-10-18-11-15-16(6-2)19-20(17(15)7-3)12-14-9-8-13(4)21-14/h13-14,18H,5-12H2,1-4H3. The Bertz CT molecular complexity index is 441. The molecule has 120 valence electrons. The Labute approximate surface area is 129 Å². The molecular formula is C17H31N3O. The van der Waals surface area contributed by atoms with E-state index in [1.807, 2.05) is 0 Å². The van der Waals surface area contributed by atoms with Crippen LogP contribution in [0.4, 0.5) is 0 Å². The number of nitrogens with zero attached hydrogens (tertiary/aromatic N) is 2. The second-order valence-corrected chi connectivity index (χ2v) is 6.08. The highest BCUT2D eigenvalue weighted by Gasteiger charge is 2.24. The van der Waals surface area contributed by atoms with Crippen LogP contribution < -0.4 is 5.32 Å². The Kier molecular flexibility index (Phi) is 6.24.